The van der Waals surface area contributed by atoms with Gasteiger partial charge in [-0.05, 0) is 13.3 Å². The Hall–Kier alpha value is -1.17. The van der Waals surface area contributed by atoms with Crippen molar-refractivity contribution in [3.63, 3.8) is 0 Å². The first kappa shape index (κ1) is 12.9. The first-order chi connectivity index (χ1) is 7.40. The molecule has 90 valence electrons. The molecule has 0 fully saturated rings. The van der Waals surface area contributed by atoms with Crippen molar-refractivity contribution >= 4 is 13.0 Å². The van der Waals surface area contributed by atoms with Crippen LogP contribution in [0.1, 0.15) is 10.5 Å². The lowest BCUT2D eigenvalue weighted by molar-refractivity contribution is -0.0625. The fourth-order valence-corrected chi connectivity index (χ4v) is 1.65. The van der Waals surface area contributed by atoms with Crippen LogP contribution in [0.15, 0.2) is 12.5 Å². The Morgan fingerprint density at radius 1 is 1.69 bits per heavy atom. The number of rotatable bonds is 5. The predicted octanol–water partition coefficient (Wildman–Crippen LogP) is 0.368. The molecule has 0 aliphatic heterocycles. The molecule has 0 aliphatic rings. The van der Waals surface area contributed by atoms with Crippen molar-refractivity contribution in [2.75, 3.05) is 26.3 Å². The molecular weight excluding hydrogens is 231 g/mol. The summed E-state index contributed by atoms with van der Waals surface area (Å²) in [6.07, 6.45) is 2.93. The van der Waals surface area contributed by atoms with Crippen LogP contribution in [0.3, 0.4) is 0 Å². The Balaban J connectivity index is 2.39. The first-order valence-electron chi connectivity index (χ1n) is 4.64. The zero-order valence-electron chi connectivity index (χ0n) is 9.17. The zero-order valence-corrected chi connectivity index (χ0v) is 10.1. The summed E-state index contributed by atoms with van der Waals surface area (Å²) in [5, 5.41) is 12.6. The lowest BCUT2D eigenvalue weighted by Crippen LogP contribution is -2.36. The van der Waals surface area contributed by atoms with Crippen molar-refractivity contribution in [3.05, 3.63) is 18.2 Å². The maximum Gasteiger partial charge on any atom is 0.296 e. The number of hydroxylamine groups is 2. The van der Waals surface area contributed by atoms with E-state index in [4.69, 9.17) is 0 Å². The summed E-state index contributed by atoms with van der Waals surface area (Å²) in [4.78, 5) is 17.7. The molecule has 0 unspecified atom stereocenters. The average Bonchev–Trinajstić information content (AvgIpc) is 2.67. The molecule has 3 N–H and O–H groups in total. The highest BCUT2D eigenvalue weighted by Crippen LogP contribution is 2.33. The van der Waals surface area contributed by atoms with Gasteiger partial charge in [-0.2, -0.15) is 0 Å². The molecule has 0 saturated heterocycles. The highest BCUT2D eigenvalue weighted by molar-refractivity contribution is 7.62. The highest BCUT2D eigenvalue weighted by atomic mass is 31.2. The highest BCUT2D eigenvalue weighted by Gasteiger charge is 2.15. The van der Waals surface area contributed by atoms with Gasteiger partial charge in [0.2, 0.25) is 0 Å². The quantitative estimate of drug-likeness (QED) is 0.302. The molecule has 0 bridgehead atoms. The summed E-state index contributed by atoms with van der Waals surface area (Å²) in [7, 11) is -2.19. The molecule has 7 nitrogen and oxygen atoms in total. The van der Waals surface area contributed by atoms with E-state index in [9.17, 15) is 14.6 Å². The molecule has 1 amide bonds. The van der Waals surface area contributed by atoms with Crippen LogP contribution >= 0.6 is 7.14 Å². The number of aromatic amines is 1. The Bertz CT molecular complexity index is 386. The molecule has 1 aromatic rings. The van der Waals surface area contributed by atoms with Crippen LogP contribution in [-0.2, 0) is 4.57 Å². The Labute approximate surface area is 93.2 Å². The zero-order chi connectivity index (χ0) is 12.2. The Kier molecular flexibility index (Phi) is 4.23. The van der Waals surface area contributed by atoms with Gasteiger partial charge in [-0.15, -0.1) is 0 Å². The van der Waals surface area contributed by atoms with Gasteiger partial charge in [0, 0.05) is 0 Å². The molecule has 0 spiro atoms. The van der Waals surface area contributed by atoms with E-state index in [-0.39, 0.29) is 18.6 Å². The maximum absolute atomic E-state index is 11.5. The summed E-state index contributed by atoms with van der Waals surface area (Å²) in [5.41, 5.74) is 0.195. The molecule has 0 radical (unpaired) electrons. The number of carbonyl (C=O) groups is 1. The van der Waals surface area contributed by atoms with Crippen LogP contribution in [0.4, 0.5) is 0 Å². The summed E-state index contributed by atoms with van der Waals surface area (Å²) >= 11 is 0. The molecule has 0 saturated carbocycles. The third kappa shape index (κ3) is 4.14. The van der Waals surface area contributed by atoms with Crippen LogP contribution in [0.25, 0.3) is 0 Å². The minimum Gasteiger partial charge on any atom is -0.341 e. The van der Waals surface area contributed by atoms with Gasteiger partial charge in [0.05, 0.1) is 32.6 Å². The largest absolute Gasteiger partial charge is 0.341 e. The van der Waals surface area contributed by atoms with E-state index in [0.717, 1.165) is 0 Å². The topological polar surface area (TPSA) is 98.3 Å². The van der Waals surface area contributed by atoms with Gasteiger partial charge >= 0.3 is 0 Å². The second-order valence-electron chi connectivity index (χ2n) is 3.81. The number of hydrogen-bond acceptors (Lipinski definition) is 5. The number of nitrogens with one attached hydrogen (secondary N) is 2. The number of amides is 1. The van der Waals surface area contributed by atoms with Gasteiger partial charge in [-0.25, -0.2) is 10.0 Å². The van der Waals surface area contributed by atoms with E-state index >= 15 is 0 Å². The second kappa shape index (κ2) is 5.25. The number of nitrogens with zero attached hydrogens (tertiary/aromatic N) is 2. The minimum atomic E-state index is -2.19. The summed E-state index contributed by atoms with van der Waals surface area (Å²) in [6, 6.07) is 0. The van der Waals surface area contributed by atoms with Crippen molar-refractivity contribution in [2.45, 2.75) is 0 Å². The molecule has 0 atom stereocenters. The lowest BCUT2D eigenvalue weighted by Gasteiger charge is -2.15. The molecule has 8 heteroatoms. The summed E-state index contributed by atoms with van der Waals surface area (Å²) in [5.74, 6) is -0.591. The first-order valence-corrected chi connectivity index (χ1v) is 7.42. The van der Waals surface area contributed by atoms with Crippen LogP contribution in [0.2, 0.25) is 0 Å². The van der Waals surface area contributed by atoms with E-state index in [0.29, 0.717) is 5.06 Å². The molecule has 1 heterocycles. The SMILES string of the molecule is CP(C)(=O)CNCN(O)C(=O)c1cnc[nH]1. The summed E-state index contributed by atoms with van der Waals surface area (Å²) < 4.78 is 11.3. The molecule has 1 aromatic heterocycles. The monoisotopic (exact) mass is 246 g/mol. The molecule has 1 rings (SSSR count). The van der Waals surface area contributed by atoms with Gasteiger partial charge in [0.25, 0.3) is 5.91 Å². The maximum atomic E-state index is 11.5. The fraction of sp³-hybridized carbons (Fsp3) is 0.500. The van der Waals surface area contributed by atoms with Gasteiger partial charge in [0.15, 0.2) is 0 Å². The van der Waals surface area contributed by atoms with Crippen LogP contribution in [0, 0.1) is 0 Å². The minimum absolute atomic E-state index is 0.0798. The van der Waals surface area contributed by atoms with E-state index < -0.39 is 13.0 Å². The predicted molar refractivity (Wildman–Crippen MR) is 58.9 cm³/mol. The van der Waals surface area contributed by atoms with Crippen LogP contribution in [0.5, 0.6) is 0 Å². The normalized spacial score (nSPS) is 11.4. The second-order valence-corrected chi connectivity index (χ2v) is 7.27. The third-order valence-corrected chi connectivity index (χ3v) is 2.70. The van der Waals surface area contributed by atoms with E-state index in [1.54, 1.807) is 13.3 Å². The van der Waals surface area contributed by atoms with Crippen molar-refractivity contribution < 1.29 is 14.6 Å². The molecule has 16 heavy (non-hydrogen) atoms. The number of H-pyrrole nitrogens is 1. The van der Waals surface area contributed by atoms with Crippen molar-refractivity contribution in [2.24, 2.45) is 0 Å². The Morgan fingerprint density at radius 2 is 2.38 bits per heavy atom. The van der Waals surface area contributed by atoms with Gasteiger partial charge in [0.1, 0.15) is 5.69 Å². The number of hydrogen-bond donors (Lipinski definition) is 3. The number of aromatic nitrogens is 2. The summed E-state index contributed by atoms with van der Waals surface area (Å²) in [6.45, 7) is 3.17. The fourth-order valence-electron chi connectivity index (χ4n) is 1.01. The average molecular weight is 246 g/mol. The molecule has 0 aromatic carbocycles. The van der Waals surface area contributed by atoms with Crippen LogP contribution < -0.4 is 5.32 Å². The van der Waals surface area contributed by atoms with Gasteiger partial charge < -0.3 is 9.55 Å². The number of imidazole rings is 1. The van der Waals surface area contributed by atoms with E-state index in [2.05, 4.69) is 15.3 Å². The Morgan fingerprint density at radius 3 is 2.88 bits per heavy atom. The lowest BCUT2D eigenvalue weighted by atomic mass is 10.4. The smallest absolute Gasteiger partial charge is 0.296 e. The molecular formula is C8H15N4O3P. The van der Waals surface area contributed by atoms with Crippen molar-refractivity contribution in [1.82, 2.24) is 20.3 Å². The van der Waals surface area contributed by atoms with E-state index in [1.807, 2.05) is 0 Å². The van der Waals surface area contributed by atoms with E-state index in [1.165, 1.54) is 12.5 Å². The molecule has 0 aliphatic carbocycles. The van der Waals surface area contributed by atoms with Crippen LogP contribution in [-0.4, -0.2) is 52.4 Å². The van der Waals surface area contributed by atoms with Crippen molar-refractivity contribution in [3.8, 4) is 0 Å². The number of carbonyl (C=O) groups excluding carboxylic acids is 1. The van der Waals surface area contributed by atoms with Gasteiger partial charge in [-0.3, -0.25) is 15.3 Å². The van der Waals surface area contributed by atoms with Crippen molar-refractivity contribution in [1.29, 1.82) is 0 Å². The van der Waals surface area contributed by atoms with Gasteiger partial charge in [-0.1, -0.05) is 0 Å². The standard InChI is InChI=1S/C8H15N4O3P/c1-16(2,15)6-10-5-12(14)8(13)7-3-9-4-11-7/h3-4,10,14H,5-6H2,1-2H3,(H,9,11). The third-order valence-electron chi connectivity index (χ3n) is 1.72.